The summed E-state index contributed by atoms with van der Waals surface area (Å²) in [6.45, 7) is 6.09. The first-order valence-corrected chi connectivity index (χ1v) is 7.30. The number of benzene rings is 1. The van der Waals surface area contributed by atoms with Gasteiger partial charge < -0.3 is 0 Å². The lowest BCUT2D eigenvalue weighted by molar-refractivity contribution is 0.392. The van der Waals surface area contributed by atoms with Crippen LogP contribution < -0.4 is 5.56 Å². The molecule has 0 aliphatic heterocycles. The van der Waals surface area contributed by atoms with E-state index in [-0.39, 0.29) is 17.5 Å². The molecule has 22 heavy (non-hydrogen) atoms. The molecule has 0 spiro atoms. The molecule has 0 bridgehead atoms. The smallest absolute Gasteiger partial charge is 0.261 e. The van der Waals surface area contributed by atoms with Crippen LogP contribution in [0.1, 0.15) is 31.3 Å². The van der Waals surface area contributed by atoms with E-state index in [1.165, 1.54) is 6.33 Å². The van der Waals surface area contributed by atoms with E-state index in [9.17, 15) is 4.79 Å². The molecule has 0 saturated heterocycles. The van der Waals surface area contributed by atoms with E-state index in [2.05, 4.69) is 28.9 Å². The van der Waals surface area contributed by atoms with Gasteiger partial charge in [-0.05, 0) is 25.0 Å². The van der Waals surface area contributed by atoms with Gasteiger partial charge in [0.2, 0.25) is 0 Å². The number of aryl methyl sites for hydroxylation is 2. The summed E-state index contributed by atoms with van der Waals surface area (Å²) in [4.78, 5) is 21.6. The van der Waals surface area contributed by atoms with Crippen molar-refractivity contribution in [2.45, 2.75) is 26.8 Å². The second-order valence-corrected chi connectivity index (χ2v) is 5.91. The highest BCUT2D eigenvalue weighted by atomic mass is 16.1. The van der Waals surface area contributed by atoms with E-state index < -0.39 is 0 Å². The highest BCUT2D eigenvalue weighted by molar-refractivity contribution is 5.77. The zero-order valence-electron chi connectivity index (χ0n) is 13.2. The first-order chi connectivity index (χ1) is 10.5. The molecule has 6 heteroatoms. The minimum atomic E-state index is -0.197. The summed E-state index contributed by atoms with van der Waals surface area (Å²) in [5, 5.41) is 4.76. The van der Waals surface area contributed by atoms with E-state index in [1.807, 2.05) is 32.2 Å². The van der Waals surface area contributed by atoms with Gasteiger partial charge in [0.05, 0.1) is 23.3 Å². The summed E-state index contributed by atoms with van der Waals surface area (Å²) in [6, 6.07) is 5.53. The van der Waals surface area contributed by atoms with Gasteiger partial charge in [-0.3, -0.25) is 14.0 Å². The van der Waals surface area contributed by atoms with Gasteiger partial charge in [0.25, 0.3) is 5.56 Å². The SMILES string of the molecule is Cc1ccc2ncn([C@@H](c3ncnn3C)C(C)C)c(=O)c2c1. The lowest BCUT2D eigenvalue weighted by Gasteiger charge is -2.22. The molecular formula is C16H19N5O. The summed E-state index contributed by atoms with van der Waals surface area (Å²) in [5.74, 6) is 0.940. The molecule has 0 radical (unpaired) electrons. The minimum Gasteiger partial charge on any atom is -0.288 e. The molecule has 2 aromatic heterocycles. The molecule has 0 fully saturated rings. The van der Waals surface area contributed by atoms with Crippen LogP contribution in [-0.2, 0) is 7.05 Å². The summed E-state index contributed by atoms with van der Waals surface area (Å²) in [6.07, 6.45) is 3.12. The van der Waals surface area contributed by atoms with Gasteiger partial charge in [-0.2, -0.15) is 5.10 Å². The van der Waals surface area contributed by atoms with Gasteiger partial charge >= 0.3 is 0 Å². The molecular weight excluding hydrogens is 278 g/mol. The molecule has 3 aromatic rings. The van der Waals surface area contributed by atoms with Crippen LogP contribution in [0.4, 0.5) is 0 Å². The fourth-order valence-electron chi connectivity index (χ4n) is 2.76. The monoisotopic (exact) mass is 297 g/mol. The van der Waals surface area contributed by atoms with Gasteiger partial charge in [-0.15, -0.1) is 0 Å². The van der Waals surface area contributed by atoms with Crippen molar-refractivity contribution in [1.29, 1.82) is 0 Å². The highest BCUT2D eigenvalue weighted by Crippen LogP contribution is 2.23. The number of hydrogen-bond donors (Lipinski definition) is 0. The van der Waals surface area contributed by atoms with Crippen LogP contribution >= 0.6 is 0 Å². The van der Waals surface area contributed by atoms with Crippen molar-refractivity contribution < 1.29 is 0 Å². The van der Waals surface area contributed by atoms with Gasteiger partial charge in [-0.25, -0.2) is 9.97 Å². The molecule has 1 aromatic carbocycles. The molecule has 0 N–H and O–H groups in total. The fourth-order valence-corrected chi connectivity index (χ4v) is 2.76. The van der Waals surface area contributed by atoms with Crippen molar-refractivity contribution in [2.75, 3.05) is 0 Å². The van der Waals surface area contributed by atoms with Crippen LogP contribution in [0.5, 0.6) is 0 Å². The third kappa shape index (κ3) is 2.30. The van der Waals surface area contributed by atoms with Crippen LogP contribution in [0.15, 0.2) is 35.6 Å². The third-order valence-corrected chi connectivity index (χ3v) is 3.88. The molecule has 114 valence electrons. The van der Waals surface area contributed by atoms with Crippen molar-refractivity contribution >= 4 is 10.9 Å². The Morgan fingerprint density at radius 3 is 2.59 bits per heavy atom. The third-order valence-electron chi connectivity index (χ3n) is 3.88. The number of aromatic nitrogens is 5. The lowest BCUT2D eigenvalue weighted by Crippen LogP contribution is -2.31. The van der Waals surface area contributed by atoms with E-state index in [1.54, 1.807) is 15.6 Å². The summed E-state index contributed by atoms with van der Waals surface area (Å²) < 4.78 is 3.37. The molecule has 6 nitrogen and oxygen atoms in total. The van der Waals surface area contributed by atoms with E-state index in [4.69, 9.17) is 0 Å². The molecule has 0 saturated carbocycles. The van der Waals surface area contributed by atoms with Crippen molar-refractivity contribution in [1.82, 2.24) is 24.3 Å². The van der Waals surface area contributed by atoms with Crippen molar-refractivity contribution in [2.24, 2.45) is 13.0 Å². The van der Waals surface area contributed by atoms with Crippen LogP contribution in [-0.4, -0.2) is 24.3 Å². The maximum absolute atomic E-state index is 12.9. The van der Waals surface area contributed by atoms with Crippen LogP contribution in [0.3, 0.4) is 0 Å². The van der Waals surface area contributed by atoms with Gasteiger partial charge in [0.15, 0.2) is 0 Å². The number of nitrogens with zero attached hydrogens (tertiary/aromatic N) is 5. The molecule has 2 heterocycles. The first kappa shape index (κ1) is 14.4. The lowest BCUT2D eigenvalue weighted by atomic mass is 10.0. The molecule has 0 aliphatic rings. The summed E-state index contributed by atoms with van der Waals surface area (Å²) >= 11 is 0. The molecule has 0 unspecified atom stereocenters. The average Bonchev–Trinajstić information content (AvgIpc) is 2.88. The van der Waals surface area contributed by atoms with Gasteiger partial charge in [0, 0.05) is 7.05 Å². The Morgan fingerprint density at radius 1 is 1.18 bits per heavy atom. The molecule has 0 amide bonds. The Bertz CT molecular complexity index is 878. The topological polar surface area (TPSA) is 65.6 Å². The Morgan fingerprint density at radius 2 is 1.95 bits per heavy atom. The first-order valence-electron chi connectivity index (χ1n) is 7.30. The minimum absolute atomic E-state index is 0.0459. The largest absolute Gasteiger partial charge is 0.288 e. The number of hydrogen-bond acceptors (Lipinski definition) is 4. The van der Waals surface area contributed by atoms with Crippen LogP contribution in [0, 0.1) is 12.8 Å². The fraction of sp³-hybridized carbons (Fsp3) is 0.375. The van der Waals surface area contributed by atoms with Crippen molar-refractivity contribution in [3.63, 3.8) is 0 Å². The predicted molar refractivity (Wildman–Crippen MR) is 84.7 cm³/mol. The van der Waals surface area contributed by atoms with E-state index >= 15 is 0 Å². The standard InChI is InChI=1S/C16H19N5O/c1-10(2)14(15-17-8-19-20(15)4)21-9-18-13-6-5-11(3)7-12(13)16(21)22/h5-10,14H,1-4H3/t14-/m1/s1. The quantitative estimate of drug-likeness (QED) is 0.742. The van der Waals surface area contributed by atoms with E-state index in [0.717, 1.165) is 11.4 Å². The highest BCUT2D eigenvalue weighted by Gasteiger charge is 2.24. The van der Waals surface area contributed by atoms with Gasteiger partial charge in [0.1, 0.15) is 12.2 Å². The average molecular weight is 297 g/mol. The zero-order valence-corrected chi connectivity index (χ0v) is 13.2. The maximum atomic E-state index is 12.9. The predicted octanol–water partition coefficient (Wildman–Crippen LogP) is 2.08. The van der Waals surface area contributed by atoms with Crippen molar-refractivity contribution in [3.05, 3.63) is 52.6 Å². The molecule has 3 rings (SSSR count). The number of fused-ring (bicyclic) bond motifs is 1. The Balaban J connectivity index is 2.25. The Kier molecular flexibility index (Phi) is 3.52. The summed E-state index contributed by atoms with van der Waals surface area (Å²) in [7, 11) is 1.83. The van der Waals surface area contributed by atoms with E-state index in [0.29, 0.717) is 10.9 Å². The number of rotatable bonds is 3. The normalized spacial score (nSPS) is 13.0. The second kappa shape index (κ2) is 5.36. The Labute approximate surface area is 128 Å². The van der Waals surface area contributed by atoms with Crippen LogP contribution in [0.25, 0.3) is 10.9 Å². The molecule has 0 aliphatic carbocycles. The van der Waals surface area contributed by atoms with Crippen molar-refractivity contribution in [3.8, 4) is 0 Å². The zero-order chi connectivity index (χ0) is 15.9. The Hall–Kier alpha value is -2.50. The van der Waals surface area contributed by atoms with Gasteiger partial charge in [-0.1, -0.05) is 25.5 Å². The maximum Gasteiger partial charge on any atom is 0.261 e. The molecule has 1 atom stereocenters. The second-order valence-electron chi connectivity index (χ2n) is 5.91. The van der Waals surface area contributed by atoms with Crippen LogP contribution in [0.2, 0.25) is 0 Å². The summed E-state index contributed by atoms with van der Waals surface area (Å²) in [5.41, 5.74) is 1.71.